The zero-order valence-corrected chi connectivity index (χ0v) is 20.0. The van der Waals surface area contributed by atoms with Crippen molar-refractivity contribution < 1.29 is 18.6 Å². The Labute approximate surface area is 196 Å². The van der Waals surface area contributed by atoms with Crippen LogP contribution in [0.1, 0.15) is 58.1 Å². The van der Waals surface area contributed by atoms with Crippen LogP contribution >= 0.6 is 0 Å². The monoisotopic (exact) mass is 455 g/mol. The van der Waals surface area contributed by atoms with E-state index >= 15 is 0 Å². The molecule has 1 aliphatic rings. The fourth-order valence-electron chi connectivity index (χ4n) is 4.60. The third kappa shape index (κ3) is 6.10. The molecule has 0 aliphatic carbocycles. The molecular formula is C28H35F2NO2. The Balaban J connectivity index is 1.80. The van der Waals surface area contributed by atoms with Crippen LogP contribution in [-0.4, -0.2) is 24.5 Å². The number of ether oxygens (including phenoxy) is 1. The van der Waals surface area contributed by atoms with Crippen LogP contribution in [0.3, 0.4) is 0 Å². The van der Waals surface area contributed by atoms with Gasteiger partial charge in [0.25, 0.3) is 0 Å². The minimum Gasteiger partial charge on any atom is -0.388 e. The molecule has 2 aromatic carbocycles. The molecule has 1 fully saturated rings. The molecule has 0 aromatic heterocycles. The molecule has 0 bridgehead atoms. The van der Waals surface area contributed by atoms with Gasteiger partial charge in [-0.1, -0.05) is 42.4 Å². The summed E-state index contributed by atoms with van der Waals surface area (Å²) in [6.45, 7) is 6.42. The Hall–Kier alpha value is -2.50. The number of rotatable bonds is 10. The summed E-state index contributed by atoms with van der Waals surface area (Å²) in [6, 6.07) is 12.6. The van der Waals surface area contributed by atoms with Crippen LogP contribution in [0.5, 0.6) is 0 Å². The number of benzene rings is 2. The number of aliphatic hydroxyl groups excluding tert-OH is 1. The lowest BCUT2D eigenvalue weighted by Crippen LogP contribution is -2.65. The normalized spacial score (nSPS) is 22.3. The summed E-state index contributed by atoms with van der Waals surface area (Å²) in [5.41, 5.74) is 4.21. The van der Waals surface area contributed by atoms with Crippen molar-refractivity contribution in [1.82, 2.24) is 0 Å². The Morgan fingerprint density at radius 2 is 1.64 bits per heavy atom. The maximum Gasteiger partial charge on any atom is 0.135 e. The van der Waals surface area contributed by atoms with Gasteiger partial charge in [-0.15, -0.1) is 0 Å². The molecule has 1 saturated heterocycles. The molecule has 33 heavy (non-hydrogen) atoms. The van der Waals surface area contributed by atoms with Crippen LogP contribution in [0.25, 0.3) is 0 Å². The molecule has 178 valence electrons. The van der Waals surface area contributed by atoms with Gasteiger partial charge in [-0.05, 0) is 81.5 Å². The van der Waals surface area contributed by atoms with Crippen molar-refractivity contribution in [3.05, 3.63) is 89.0 Å². The van der Waals surface area contributed by atoms with Crippen LogP contribution in [0.4, 0.5) is 14.5 Å². The molecule has 3 rings (SSSR count). The SMILES string of the molecule is CC/C(C)=C\C/C=C(\C)C1C(CCC(O)c2ccc(F)cc2)C(OC)N1c1ccc(F)cc1. The maximum atomic E-state index is 13.5. The zero-order valence-electron chi connectivity index (χ0n) is 20.0. The molecule has 5 heteroatoms. The summed E-state index contributed by atoms with van der Waals surface area (Å²) in [7, 11) is 1.69. The van der Waals surface area contributed by atoms with Gasteiger partial charge in [-0.2, -0.15) is 0 Å². The molecule has 0 saturated carbocycles. The number of aliphatic hydroxyl groups is 1. The first-order valence-electron chi connectivity index (χ1n) is 11.7. The number of halogens is 2. The van der Waals surface area contributed by atoms with Crippen molar-refractivity contribution in [2.24, 2.45) is 5.92 Å². The number of nitrogens with zero attached hydrogens (tertiary/aromatic N) is 1. The smallest absolute Gasteiger partial charge is 0.135 e. The molecule has 0 amide bonds. The van der Waals surface area contributed by atoms with Crippen LogP contribution in [0.15, 0.2) is 71.8 Å². The highest BCUT2D eigenvalue weighted by molar-refractivity contribution is 5.54. The molecular weight excluding hydrogens is 420 g/mol. The Morgan fingerprint density at radius 3 is 2.21 bits per heavy atom. The molecule has 1 N–H and O–H groups in total. The van der Waals surface area contributed by atoms with Crippen molar-refractivity contribution in [2.45, 2.75) is 64.8 Å². The second kappa shape index (κ2) is 11.6. The lowest BCUT2D eigenvalue weighted by Gasteiger charge is -2.56. The van der Waals surface area contributed by atoms with Gasteiger partial charge >= 0.3 is 0 Å². The average molecular weight is 456 g/mol. The van der Waals surface area contributed by atoms with Crippen LogP contribution in [-0.2, 0) is 4.74 Å². The summed E-state index contributed by atoms with van der Waals surface area (Å²) in [6.07, 6.45) is 6.84. The topological polar surface area (TPSA) is 32.7 Å². The first-order valence-corrected chi connectivity index (χ1v) is 11.7. The quantitative estimate of drug-likeness (QED) is 0.394. The average Bonchev–Trinajstić information content (AvgIpc) is 2.80. The highest BCUT2D eigenvalue weighted by Crippen LogP contribution is 2.44. The Morgan fingerprint density at radius 1 is 1.03 bits per heavy atom. The van der Waals surface area contributed by atoms with Crippen LogP contribution in [0, 0.1) is 17.6 Å². The minimum atomic E-state index is -0.664. The third-order valence-electron chi connectivity index (χ3n) is 6.67. The second-order valence-corrected chi connectivity index (χ2v) is 8.85. The number of anilines is 1. The van der Waals surface area contributed by atoms with E-state index in [0.717, 1.165) is 24.9 Å². The number of hydrogen-bond acceptors (Lipinski definition) is 3. The van der Waals surface area contributed by atoms with Gasteiger partial charge in [-0.3, -0.25) is 0 Å². The fraction of sp³-hybridized carbons (Fsp3) is 0.429. The predicted molar refractivity (Wildman–Crippen MR) is 130 cm³/mol. The molecule has 1 aliphatic heterocycles. The lowest BCUT2D eigenvalue weighted by molar-refractivity contribution is -0.0288. The summed E-state index contributed by atoms with van der Waals surface area (Å²) in [4.78, 5) is 2.19. The second-order valence-electron chi connectivity index (χ2n) is 8.85. The molecule has 2 aromatic rings. The molecule has 3 nitrogen and oxygen atoms in total. The number of methoxy groups -OCH3 is 1. The van der Waals surface area contributed by atoms with E-state index in [1.807, 2.05) is 0 Å². The van der Waals surface area contributed by atoms with E-state index < -0.39 is 6.10 Å². The van der Waals surface area contributed by atoms with Crippen molar-refractivity contribution in [1.29, 1.82) is 0 Å². The van der Waals surface area contributed by atoms with Crippen LogP contribution < -0.4 is 4.90 Å². The van der Waals surface area contributed by atoms with E-state index in [2.05, 4.69) is 37.8 Å². The summed E-state index contributed by atoms with van der Waals surface area (Å²) in [5.74, 6) is -0.411. The zero-order chi connectivity index (χ0) is 24.0. The summed E-state index contributed by atoms with van der Waals surface area (Å²) in [5, 5.41) is 10.7. The van der Waals surface area contributed by atoms with E-state index in [9.17, 15) is 13.9 Å². The first kappa shape index (κ1) is 25.1. The molecule has 4 atom stereocenters. The van der Waals surface area contributed by atoms with Gasteiger partial charge in [0.05, 0.1) is 12.1 Å². The molecule has 4 unspecified atom stereocenters. The van der Waals surface area contributed by atoms with E-state index in [0.29, 0.717) is 12.0 Å². The van der Waals surface area contributed by atoms with Crippen molar-refractivity contribution in [3.8, 4) is 0 Å². The largest absolute Gasteiger partial charge is 0.388 e. The molecule has 1 heterocycles. The predicted octanol–water partition coefficient (Wildman–Crippen LogP) is 6.95. The summed E-state index contributed by atoms with van der Waals surface area (Å²) < 4.78 is 32.6. The molecule has 0 spiro atoms. The highest BCUT2D eigenvalue weighted by Gasteiger charge is 2.49. The maximum absolute atomic E-state index is 13.5. The third-order valence-corrected chi connectivity index (χ3v) is 6.67. The lowest BCUT2D eigenvalue weighted by atomic mass is 9.77. The van der Waals surface area contributed by atoms with Crippen molar-refractivity contribution >= 4 is 5.69 Å². The van der Waals surface area contributed by atoms with Crippen molar-refractivity contribution in [3.63, 3.8) is 0 Å². The minimum absolute atomic E-state index is 0.0937. The van der Waals surface area contributed by atoms with E-state index in [1.165, 1.54) is 35.4 Å². The van der Waals surface area contributed by atoms with Gasteiger partial charge in [-0.25, -0.2) is 8.78 Å². The number of allylic oxidation sites excluding steroid dienone is 3. The first-order chi connectivity index (χ1) is 15.8. The molecule has 0 radical (unpaired) electrons. The Bertz CT molecular complexity index is 953. The highest BCUT2D eigenvalue weighted by atomic mass is 19.1. The van der Waals surface area contributed by atoms with E-state index in [-0.39, 0.29) is 29.8 Å². The van der Waals surface area contributed by atoms with Gasteiger partial charge < -0.3 is 14.7 Å². The van der Waals surface area contributed by atoms with Gasteiger partial charge in [0, 0.05) is 18.7 Å². The van der Waals surface area contributed by atoms with Crippen molar-refractivity contribution in [2.75, 3.05) is 12.0 Å². The fourth-order valence-corrected chi connectivity index (χ4v) is 4.60. The summed E-state index contributed by atoms with van der Waals surface area (Å²) >= 11 is 0. The van der Waals surface area contributed by atoms with Gasteiger partial charge in [0.15, 0.2) is 0 Å². The standard InChI is InChI=1S/C28H35F2NO2/c1-5-19(2)7-6-8-20(3)27-25(17-18-26(32)21-9-11-22(29)12-10-21)28(33-4)31(27)24-15-13-23(30)14-16-24/h7-16,25-28,32H,5-6,17-18H2,1-4H3/b19-7-,20-8+. The van der Waals surface area contributed by atoms with Gasteiger partial charge in [0.2, 0.25) is 0 Å². The Kier molecular flexibility index (Phi) is 8.81. The number of hydrogen-bond donors (Lipinski definition) is 1. The van der Waals surface area contributed by atoms with E-state index in [4.69, 9.17) is 4.74 Å². The van der Waals surface area contributed by atoms with Crippen LogP contribution in [0.2, 0.25) is 0 Å². The van der Waals surface area contributed by atoms with Gasteiger partial charge in [0.1, 0.15) is 17.9 Å². The van der Waals surface area contributed by atoms with E-state index in [1.54, 1.807) is 31.4 Å².